The number of ether oxygens (including phenoxy) is 2. The van der Waals surface area contributed by atoms with E-state index in [0.29, 0.717) is 5.82 Å². The molecule has 0 spiro atoms. The van der Waals surface area contributed by atoms with Gasteiger partial charge in [-0.2, -0.15) is 0 Å². The number of methoxy groups -OCH3 is 1. The molecule has 0 aliphatic heterocycles. The molecule has 1 aliphatic rings. The average molecular weight is 391 g/mol. The van der Waals surface area contributed by atoms with Gasteiger partial charge < -0.3 is 19.4 Å². The minimum Gasteiger partial charge on any atom is -0.379 e. The van der Waals surface area contributed by atoms with Gasteiger partial charge in [0.05, 0.1) is 18.8 Å². The molecule has 28 heavy (non-hydrogen) atoms. The third-order valence-electron chi connectivity index (χ3n) is 4.54. The maximum absolute atomic E-state index is 14.1. The number of aryl methyl sites for hydroxylation is 1. The van der Waals surface area contributed by atoms with Gasteiger partial charge in [0.1, 0.15) is 18.0 Å². The van der Waals surface area contributed by atoms with Gasteiger partial charge in [0, 0.05) is 38.8 Å². The molecule has 3 atom stereocenters. The first-order chi connectivity index (χ1) is 13.6. The number of anilines is 1. The summed E-state index contributed by atoms with van der Waals surface area (Å²) in [6, 6.07) is 1.71. The quantitative estimate of drug-likeness (QED) is 0.677. The smallest absolute Gasteiger partial charge is 0.144 e. The molecule has 1 fully saturated rings. The summed E-state index contributed by atoms with van der Waals surface area (Å²) in [4.78, 5) is 8.27. The summed E-state index contributed by atoms with van der Waals surface area (Å²) in [5, 5.41) is 3.21. The first-order valence-electron chi connectivity index (χ1n) is 9.69. The van der Waals surface area contributed by atoms with Crippen molar-refractivity contribution in [1.82, 2.24) is 14.5 Å². The van der Waals surface area contributed by atoms with E-state index in [1.807, 2.05) is 37.0 Å². The number of hydrogen-bond acceptors (Lipinski definition) is 5. The summed E-state index contributed by atoms with van der Waals surface area (Å²) in [5.74, 6) is 0.314. The van der Waals surface area contributed by atoms with E-state index in [9.17, 15) is 4.39 Å². The van der Waals surface area contributed by atoms with Gasteiger partial charge in [-0.15, -0.1) is 0 Å². The molecule has 154 valence electrons. The lowest BCUT2D eigenvalue weighted by Gasteiger charge is -2.29. The number of nitrogens with zero attached hydrogens (tertiary/aromatic N) is 3. The summed E-state index contributed by atoms with van der Waals surface area (Å²) in [7, 11) is 3.60. The highest BCUT2D eigenvalue weighted by Crippen LogP contribution is 2.23. The average Bonchev–Trinajstić information content (AvgIpc) is 2.78. The summed E-state index contributed by atoms with van der Waals surface area (Å²) in [6.07, 6.45) is 15.9. The molecule has 7 heteroatoms. The van der Waals surface area contributed by atoms with Crippen molar-refractivity contribution in [1.29, 1.82) is 0 Å². The van der Waals surface area contributed by atoms with Gasteiger partial charge in [-0.3, -0.25) is 0 Å². The highest BCUT2D eigenvalue weighted by molar-refractivity contribution is 5.33. The van der Waals surface area contributed by atoms with E-state index < -0.39 is 0 Å². The van der Waals surface area contributed by atoms with Crippen LogP contribution in [-0.2, 0) is 16.5 Å². The second-order valence-corrected chi connectivity index (χ2v) is 6.88. The van der Waals surface area contributed by atoms with Crippen molar-refractivity contribution < 1.29 is 13.9 Å². The van der Waals surface area contributed by atoms with Crippen molar-refractivity contribution in [2.75, 3.05) is 19.0 Å². The molecule has 6 nitrogen and oxygen atoms in total. The Morgan fingerprint density at radius 1 is 1.39 bits per heavy atom. The zero-order valence-electron chi connectivity index (χ0n) is 16.9. The molecule has 0 radical (unpaired) electrons. The van der Waals surface area contributed by atoms with E-state index in [2.05, 4.69) is 15.3 Å². The van der Waals surface area contributed by atoms with E-state index in [1.165, 1.54) is 18.5 Å². The van der Waals surface area contributed by atoms with Crippen LogP contribution in [0.5, 0.6) is 0 Å². The number of rotatable bonds is 8. The molecule has 1 aliphatic carbocycles. The summed E-state index contributed by atoms with van der Waals surface area (Å²) in [5.41, 5.74) is 0. The second-order valence-electron chi connectivity index (χ2n) is 6.88. The second kappa shape index (κ2) is 12.3. The van der Waals surface area contributed by atoms with E-state index in [4.69, 9.17) is 9.47 Å². The topological polar surface area (TPSA) is 61.2 Å². The standard InChI is InChI=1S/C21H31FN4O2/c1-17(25-21-15-26(2)13-6-12-23-16-24-21)9-10-18(22)11-14-28-20-8-5-4-7-19(20)27-3/h6,9-13,15-17,19-20,25H,4-5,7-8,14H2,1-3H3/b10-9-,13-6?,18-11+,21-15?,23-12?,24-16?/t17?,19?,20-/m1/s1. The van der Waals surface area contributed by atoms with Crippen LogP contribution in [-0.4, -0.2) is 46.5 Å². The third-order valence-corrected chi connectivity index (χ3v) is 4.54. The van der Waals surface area contributed by atoms with E-state index in [1.54, 1.807) is 19.4 Å². The van der Waals surface area contributed by atoms with Gasteiger partial charge in [-0.1, -0.05) is 18.9 Å². The van der Waals surface area contributed by atoms with Crippen molar-refractivity contribution >= 4 is 5.82 Å². The van der Waals surface area contributed by atoms with Gasteiger partial charge in [-0.25, -0.2) is 14.4 Å². The van der Waals surface area contributed by atoms with Crippen LogP contribution in [0.3, 0.4) is 0 Å². The molecule has 0 saturated heterocycles. The zero-order valence-corrected chi connectivity index (χ0v) is 16.9. The van der Waals surface area contributed by atoms with E-state index in [0.717, 1.165) is 25.7 Å². The van der Waals surface area contributed by atoms with E-state index >= 15 is 0 Å². The molecule has 1 aromatic heterocycles. The molecule has 1 saturated carbocycles. The van der Waals surface area contributed by atoms with Gasteiger partial charge in [0.2, 0.25) is 0 Å². The van der Waals surface area contributed by atoms with Crippen molar-refractivity contribution in [3.05, 3.63) is 55.0 Å². The molecule has 0 aromatic carbocycles. The summed E-state index contributed by atoms with van der Waals surface area (Å²) in [6.45, 7) is 2.17. The number of hydrogen-bond donors (Lipinski definition) is 1. The predicted molar refractivity (Wildman–Crippen MR) is 109 cm³/mol. The number of halogens is 1. The van der Waals surface area contributed by atoms with Crippen molar-refractivity contribution in [3.63, 3.8) is 0 Å². The Balaban J connectivity index is 1.86. The molecule has 1 heterocycles. The van der Waals surface area contributed by atoms with E-state index in [-0.39, 0.29) is 30.7 Å². The van der Waals surface area contributed by atoms with Gasteiger partial charge >= 0.3 is 0 Å². The van der Waals surface area contributed by atoms with Gasteiger partial charge in [0.25, 0.3) is 0 Å². The normalized spacial score (nSPS) is 21.4. The fraction of sp³-hybridized carbons (Fsp3) is 0.524. The van der Waals surface area contributed by atoms with Crippen molar-refractivity contribution in [2.24, 2.45) is 7.05 Å². The lowest BCUT2D eigenvalue weighted by molar-refractivity contribution is -0.0686. The summed E-state index contributed by atoms with van der Waals surface area (Å²) < 4.78 is 27.2. The lowest BCUT2D eigenvalue weighted by atomic mass is 9.94. The predicted octanol–water partition coefficient (Wildman–Crippen LogP) is 4.12. The molecular formula is C21H31FN4O2. The third kappa shape index (κ3) is 8.19. The highest BCUT2D eigenvalue weighted by atomic mass is 19.1. The highest BCUT2D eigenvalue weighted by Gasteiger charge is 2.25. The molecular weight excluding hydrogens is 359 g/mol. The SMILES string of the molecule is COC1CCCC[C@H]1OC/C=C(F)\C=C/C(C)Nc1cn(C)cccncn1. The molecule has 2 rings (SSSR count). The molecule has 1 aromatic rings. The Labute approximate surface area is 166 Å². The van der Waals surface area contributed by atoms with Crippen LogP contribution < -0.4 is 5.32 Å². The molecule has 1 N–H and O–H groups in total. The number of nitrogens with one attached hydrogen (secondary N) is 1. The molecule has 0 bridgehead atoms. The number of aromatic nitrogens is 3. The van der Waals surface area contributed by atoms with Crippen LogP contribution in [0.15, 0.2) is 55.0 Å². The minimum atomic E-state index is -0.324. The Hall–Kier alpha value is -2.25. The van der Waals surface area contributed by atoms with Crippen LogP contribution in [0.4, 0.5) is 10.2 Å². The minimum absolute atomic E-state index is 0.0502. The molecule has 2 unspecified atom stereocenters. The van der Waals surface area contributed by atoms with Crippen LogP contribution >= 0.6 is 0 Å². The Morgan fingerprint density at radius 2 is 2.18 bits per heavy atom. The van der Waals surface area contributed by atoms with Crippen molar-refractivity contribution in [3.8, 4) is 0 Å². The maximum atomic E-state index is 14.1. The summed E-state index contributed by atoms with van der Waals surface area (Å²) >= 11 is 0. The lowest BCUT2D eigenvalue weighted by Crippen LogP contribution is -2.34. The van der Waals surface area contributed by atoms with Crippen molar-refractivity contribution in [2.45, 2.75) is 50.9 Å². The Kier molecular flexibility index (Phi) is 9.65. The first kappa shape index (κ1) is 22.0. The number of allylic oxidation sites excluding steroid dienone is 2. The monoisotopic (exact) mass is 390 g/mol. The largest absolute Gasteiger partial charge is 0.379 e. The Morgan fingerprint density at radius 3 is 2.96 bits per heavy atom. The van der Waals surface area contributed by atoms with Crippen LogP contribution in [0.25, 0.3) is 0 Å². The fourth-order valence-electron chi connectivity index (χ4n) is 3.06. The van der Waals surface area contributed by atoms with Gasteiger partial charge in [-0.05, 0) is 38.0 Å². The van der Waals surface area contributed by atoms with Gasteiger partial charge in [0.15, 0.2) is 0 Å². The van der Waals surface area contributed by atoms with Crippen LogP contribution in [0, 0.1) is 0 Å². The Bertz CT molecular complexity index is 703. The zero-order chi connectivity index (χ0) is 20.2. The first-order valence-corrected chi connectivity index (χ1v) is 9.69. The maximum Gasteiger partial charge on any atom is 0.144 e. The van der Waals surface area contributed by atoms with Crippen LogP contribution in [0.1, 0.15) is 32.6 Å². The fourth-order valence-corrected chi connectivity index (χ4v) is 3.06. The van der Waals surface area contributed by atoms with Crippen LogP contribution in [0.2, 0.25) is 0 Å². The molecule has 0 amide bonds.